The molecular formula is C16H19BrN4O4S. The highest BCUT2D eigenvalue weighted by atomic mass is 79.9. The minimum Gasteiger partial charge on any atom is -0.347 e. The van der Waals surface area contributed by atoms with Crippen molar-refractivity contribution in [2.24, 2.45) is 5.92 Å². The first-order chi connectivity index (χ1) is 12.3. The minimum absolute atomic E-state index is 0.106. The Balaban J connectivity index is 1.58. The van der Waals surface area contributed by atoms with Gasteiger partial charge in [-0.2, -0.15) is 4.98 Å². The average Bonchev–Trinajstić information content (AvgIpc) is 3.08. The summed E-state index contributed by atoms with van der Waals surface area (Å²) in [6.45, 7) is 0.773. The third-order valence-corrected chi connectivity index (χ3v) is 5.95. The summed E-state index contributed by atoms with van der Waals surface area (Å²) in [5.74, 6) is 0.159. The van der Waals surface area contributed by atoms with E-state index in [0.717, 1.165) is 16.3 Å². The van der Waals surface area contributed by atoms with Crippen LogP contribution in [0.25, 0.3) is 11.4 Å². The lowest BCUT2D eigenvalue weighted by atomic mass is 9.99. The summed E-state index contributed by atoms with van der Waals surface area (Å²) in [5, 5.41) is 6.67. The lowest BCUT2D eigenvalue weighted by Gasteiger charge is -2.29. The first-order valence-corrected chi connectivity index (χ1v) is 10.8. The summed E-state index contributed by atoms with van der Waals surface area (Å²) in [6.07, 6.45) is 2.49. The van der Waals surface area contributed by atoms with Crippen molar-refractivity contribution >= 4 is 31.9 Å². The molecule has 0 spiro atoms. The lowest BCUT2D eigenvalue weighted by Crippen LogP contribution is -2.44. The van der Waals surface area contributed by atoms with Crippen LogP contribution in [0.2, 0.25) is 0 Å². The van der Waals surface area contributed by atoms with Gasteiger partial charge in [0.2, 0.25) is 27.6 Å². The molecule has 3 rings (SSSR count). The third-order valence-electron chi connectivity index (χ3n) is 4.19. The maximum Gasteiger partial charge on any atom is 0.246 e. The van der Waals surface area contributed by atoms with Gasteiger partial charge in [0.05, 0.1) is 18.7 Å². The number of benzene rings is 1. The van der Waals surface area contributed by atoms with Crippen molar-refractivity contribution in [2.75, 3.05) is 19.3 Å². The van der Waals surface area contributed by atoms with Gasteiger partial charge in [-0.3, -0.25) is 4.79 Å². The third kappa shape index (κ3) is 4.68. The number of nitrogens with one attached hydrogen (secondary N) is 1. The van der Waals surface area contributed by atoms with Crippen LogP contribution >= 0.6 is 15.9 Å². The molecule has 1 aromatic heterocycles. The minimum atomic E-state index is -3.28. The van der Waals surface area contributed by atoms with E-state index in [1.54, 1.807) is 0 Å². The number of piperidine rings is 1. The zero-order valence-electron chi connectivity index (χ0n) is 14.2. The summed E-state index contributed by atoms with van der Waals surface area (Å²) < 4.78 is 30.7. The van der Waals surface area contributed by atoms with Gasteiger partial charge in [0.1, 0.15) is 0 Å². The molecule has 1 atom stereocenters. The number of amides is 1. The van der Waals surface area contributed by atoms with E-state index in [1.807, 2.05) is 24.3 Å². The Kier molecular flexibility index (Phi) is 5.73. The van der Waals surface area contributed by atoms with E-state index in [2.05, 4.69) is 31.4 Å². The van der Waals surface area contributed by atoms with Gasteiger partial charge in [0.15, 0.2) is 0 Å². The summed E-state index contributed by atoms with van der Waals surface area (Å²) in [4.78, 5) is 16.6. The number of hydrogen-bond acceptors (Lipinski definition) is 6. The molecule has 0 radical (unpaired) electrons. The van der Waals surface area contributed by atoms with Crippen molar-refractivity contribution in [3.05, 3.63) is 34.6 Å². The Bertz CT molecular complexity index is 899. The quantitative estimate of drug-likeness (QED) is 0.756. The van der Waals surface area contributed by atoms with Crippen LogP contribution in [0.5, 0.6) is 0 Å². The van der Waals surface area contributed by atoms with Crippen LogP contribution in [0.1, 0.15) is 18.7 Å². The van der Waals surface area contributed by atoms with Crippen molar-refractivity contribution < 1.29 is 17.7 Å². The molecule has 26 heavy (non-hydrogen) atoms. The van der Waals surface area contributed by atoms with Crippen LogP contribution in [-0.2, 0) is 21.4 Å². The number of hydrogen-bond donors (Lipinski definition) is 1. The van der Waals surface area contributed by atoms with Crippen LogP contribution < -0.4 is 5.32 Å². The predicted molar refractivity (Wildman–Crippen MR) is 98.4 cm³/mol. The van der Waals surface area contributed by atoms with Gasteiger partial charge >= 0.3 is 0 Å². The molecule has 2 aromatic rings. The Morgan fingerprint density at radius 3 is 3.00 bits per heavy atom. The molecule has 10 heteroatoms. The number of carbonyl (C=O) groups excluding carboxylic acids is 1. The second-order valence-electron chi connectivity index (χ2n) is 6.20. The Labute approximate surface area is 160 Å². The van der Waals surface area contributed by atoms with Crippen molar-refractivity contribution in [3.63, 3.8) is 0 Å². The maximum absolute atomic E-state index is 12.3. The molecule has 1 aliphatic heterocycles. The lowest BCUT2D eigenvalue weighted by molar-refractivity contribution is -0.126. The van der Waals surface area contributed by atoms with Crippen LogP contribution in [0, 0.1) is 5.92 Å². The molecule has 1 unspecified atom stereocenters. The van der Waals surface area contributed by atoms with Crippen LogP contribution in [-0.4, -0.2) is 48.1 Å². The SMILES string of the molecule is CS(=O)(=O)N1CCCC(C(=O)NCc2nc(-c3cccc(Br)c3)no2)C1. The van der Waals surface area contributed by atoms with E-state index in [1.165, 1.54) is 4.31 Å². The highest BCUT2D eigenvalue weighted by Crippen LogP contribution is 2.21. The Hall–Kier alpha value is -1.78. The molecule has 1 aromatic carbocycles. The fourth-order valence-electron chi connectivity index (χ4n) is 2.84. The smallest absolute Gasteiger partial charge is 0.246 e. The summed E-state index contributed by atoms with van der Waals surface area (Å²) in [7, 11) is -3.28. The molecule has 0 saturated carbocycles. The number of aromatic nitrogens is 2. The van der Waals surface area contributed by atoms with Crippen molar-refractivity contribution in [1.29, 1.82) is 0 Å². The molecule has 1 amide bonds. The molecule has 1 saturated heterocycles. The van der Waals surface area contributed by atoms with Gasteiger partial charge in [0, 0.05) is 23.1 Å². The van der Waals surface area contributed by atoms with Crippen molar-refractivity contribution in [1.82, 2.24) is 19.8 Å². The average molecular weight is 443 g/mol. The number of halogens is 1. The molecule has 0 aliphatic carbocycles. The van der Waals surface area contributed by atoms with Crippen LogP contribution in [0.4, 0.5) is 0 Å². The number of rotatable bonds is 5. The first-order valence-electron chi connectivity index (χ1n) is 8.14. The van der Waals surface area contributed by atoms with Crippen molar-refractivity contribution in [3.8, 4) is 11.4 Å². The van der Waals surface area contributed by atoms with E-state index in [-0.39, 0.29) is 24.9 Å². The molecule has 8 nitrogen and oxygen atoms in total. The Morgan fingerprint density at radius 1 is 1.46 bits per heavy atom. The van der Waals surface area contributed by atoms with Gasteiger partial charge in [-0.25, -0.2) is 12.7 Å². The molecule has 1 aliphatic rings. The fourth-order valence-corrected chi connectivity index (χ4v) is 4.15. The van der Waals surface area contributed by atoms with E-state index in [4.69, 9.17) is 4.52 Å². The summed E-state index contributed by atoms with van der Waals surface area (Å²) in [6, 6.07) is 7.50. The second kappa shape index (κ2) is 7.85. The standard InChI is InChI=1S/C16H19BrN4O4S/c1-26(23,24)21-7-3-5-12(10-21)16(22)18-9-14-19-15(20-25-14)11-4-2-6-13(17)8-11/h2,4,6,8,12H,3,5,7,9-10H2,1H3,(H,18,22). The zero-order chi connectivity index (χ0) is 18.7. The fraction of sp³-hybridized carbons (Fsp3) is 0.438. The molecule has 2 heterocycles. The van der Waals surface area contributed by atoms with Gasteiger partial charge in [-0.05, 0) is 25.0 Å². The molecule has 140 valence electrons. The largest absolute Gasteiger partial charge is 0.347 e. The normalized spacial score (nSPS) is 18.6. The van der Waals surface area contributed by atoms with Crippen molar-refractivity contribution in [2.45, 2.75) is 19.4 Å². The van der Waals surface area contributed by atoms with E-state index in [0.29, 0.717) is 31.1 Å². The van der Waals surface area contributed by atoms with Crippen LogP contribution in [0.15, 0.2) is 33.3 Å². The molecular weight excluding hydrogens is 424 g/mol. The highest BCUT2D eigenvalue weighted by molar-refractivity contribution is 9.10. The zero-order valence-corrected chi connectivity index (χ0v) is 16.6. The van der Waals surface area contributed by atoms with Gasteiger partial charge in [0.25, 0.3) is 0 Å². The number of nitrogens with zero attached hydrogens (tertiary/aromatic N) is 3. The van der Waals surface area contributed by atoms with E-state index >= 15 is 0 Å². The molecule has 0 bridgehead atoms. The first kappa shape index (κ1) is 19.0. The van der Waals surface area contributed by atoms with Gasteiger partial charge in [-0.15, -0.1) is 0 Å². The molecule has 1 fully saturated rings. The summed E-state index contributed by atoms with van der Waals surface area (Å²) >= 11 is 3.39. The van der Waals surface area contributed by atoms with Gasteiger partial charge in [-0.1, -0.05) is 33.2 Å². The maximum atomic E-state index is 12.3. The monoisotopic (exact) mass is 442 g/mol. The van der Waals surface area contributed by atoms with Crippen LogP contribution in [0.3, 0.4) is 0 Å². The Morgan fingerprint density at radius 2 is 2.27 bits per heavy atom. The predicted octanol–water partition coefficient (Wildman–Crippen LogP) is 1.79. The van der Waals surface area contributed by atoms with E-state index in [9.17, 15) is 13.2 Å². The highest BCUT2D eigenvalue weighted by Gasteiger charge is 2.30. The summed E-state index contributed by atoms with van der Waals surface area (Å²) in [5.41, 5.74) is 0.803. The van der Waals surface area contributed by atoms with E-state index < -0.39 is 10.0 Å². The molecule has 1 N–H and O–H groups in total. The topological polar surface area (TPSA) is 105 Å². The number of sulfonamides is 1. The number of carbonyl (C=O) groups is 1. The van der Waals surface area contributed by atoms with Gasteiger partial charge < -0.3 is 9.84 Å². The second-order valence-corrected chi connectivity index (χ2v) is 9.10.